The van der Waals surface area contributed by atoms with Gasteiger partial charge in [0.1, 0.15) is 0 Å². The van der Waals surface area contributed by atoms with Gasteiger partial charge in [-0.05, 0) is 30.2 Å². The fourth-order valence-electron chi connectivity index (χ4n) is 4.50. The van der Waals surface area contributed by atoms with Crippen molar-refractivity contribution in [2.45, 2.75) is 26.7 Å². The number of ether oxygens (including phenoxy) is 1. The lowest BCUT2D eigenvalue weighted by atomic mass is 9.71. The van der Waals surface area contributed by atoms with Gasteiger partial charge in [0, 0.05) is 58.1 Å². The number of nitrogens with zero attached hydrogens (tertiary/aromatic N) is 4. The van der Waals surface area contributed by atoms with E-state index < -0.39 is 0 Å². The lowest BCUT2D eigenvalue weighted by Crippen LogP contribution is -2.47. The molecule has 0 N–H and O–H groups in total. The van der Waals surface area contributed by atoms with Crippen molar-refractivity contribution in [3.8, 4) is 0 Å². The van der Waals surface area contributed by atoms with E-state index in [0.29, 0.717) is 17.7 Å². The smallest absolute Gasteiger partial charge is 0.291 e. The molecule has 3 rings (SSSR count). The minimum atomic E-state index is -0.0456. The maximum Gasteiger partial charge on any atom is 0.291 e. The van der Waals surface area contributed by atoms with Crippen molar-refractivity contribution in [1.29, 1.82) is 0 Å². The van der Waals surface area contributed by atoms with Gasteiger partial charge in [0.2, 0.25) is 5.82 Å². The number of piperidine rings is 1. The van der Waals surface area contributed by atoms with Crippen LogP contribution in [0.2, 0.25) is 0 Å². The normalized spacial score (nSPS) is 23.5. The minimum Gasteiger partial charge on any atom is -0.384 e. The van der Waals surface area contributed by atoms with E-state index in [4.69, 9.17) is 4.74 Å². The van der Waals surface area contributed by atoms with Crippen LogP contribution in [0.15, 0.2) is 18.5 Å². The Morgan fingerprint density at radius 1 is 1.32 bits per heavy atom. The number of hydrogen-bond acceptors (Lipinski definition) is 5. The molecular weight excluding hydrogens is 316 g/mol. The second-order valence-electron chi connectivity index (χ2n) is 7.97. The molecule has 2 fully saturated rings. The Labute approximate surface area is 150 Å². The topological polar surface area (TPSA) is 58.6 Å². The van der Waals surface area contributed by atoms with E-state index in [2.05, 4.69) is 28.7 Å². The van der Waals surface area contributed by atoms with E-state index in [0.717, 1.165) is 52.2 Å². The zero-order chi connectivity index (χ0) is 17.9. The molecule has 138 valence electrons. The summed E-state index contributed by atoms with van der Waals surface area (Å²) in [6.07, 6.45) is 5.32. The van der Waals surface area contributed by atoms with Gasteiger partial charge >= 0.3 is 0 Å². The average molecular weight is 346 g/mol. The van der Waals surface area contributed by atoms with Gasteiger partial charge in [-0.25, -0.2) is 9.97 Å². The fraction of sp³-hybridized carbons (Fsp3) is 0.737. The Balaban J connectivity index is 1.65. The van der Waals surface area contributed by atoms with Crippen LogP contribution in [-0.4, -0.2) is 72.1 Å². The largest absolute Gasteiger partial charge is 0.384 e. The first-order chi connectivity index (χ1) is 12.0. The van der Waals surface area contributed by atoms with Crippen LogP contribution in [0.25, 0.3) is 0 Å². The Hall–Kier alpha value is -1.53. The van der Waals surface area contributed by atoms with Crippen molar-refractivity contribution in [2.75, 3.05) is 46.4 Å². The molecule has 0 bridgehead atoms. The lowest BCUT2D eigenvalue weighted by Gasteiger charge is -2.42. The standard InChI is InChI=1S/C19H30N4O2/c1-15(2)11-22-12-16(13-25-3)19(14-22)5-9-23(10-6-19)18(24)17-20-7-4-8-21-17/h4,7-8,15-16H,5-6,9-14H2,1-3H3. The zero-order valence-electron chi connectivity index (χ0n) is 15.6. The number of rotatable bonds is 5. The van der Waals surface area contributed by atoms with E-state index in [1.807, 2.05) is 4.90 Å². The van der Waals surface area contributed by atoms with Gasteiger partial charge in [-0.3, -0.25) is 4.79 Å². The molecule has 25 heavy (non-hydrogen) atoms. The van der Waals surface area contributed by atoms with Crippen LogP contribution >= 0.6 is 0 Å². The first-order valence-electron chi connectivity index (χ1n) is 9.31. The van der Waals surface area contributed by atoms with E-state index in [1.54, 1.807) is 25.6 Å². The molecule has 2 aliphatic heterocycles. The molecule has 1 amide bonds. The summed E-state index contributed by atoms with van der Waals surface area (Å²) in [7, 11) is 1.80. The third-order valence-electron chi connectivity index (χ3n) is 5.68. The van der Waals surface area contributed by atoms with Crippen LogP contribution in [0.5, 0.6) is 0 Å². The van der Waals surface area contributed by atoms with Crippen LogP contribution in [0.1, 0.15) is 37.3 Å². The molecule has 2 aliphatic rings. The summed E-state index contributed by atoms with van der Waals surface area (Å²) in [5.41, 5.74) is 0.277. The van der Waals surface area contributed by atoms with Gasteiger partial charge in [0.05, 0.1) is 6.61 Å². The minimum absolute atomic E-state index is 0.0456. The van der Waals surface area contributed by atoms with Crippen molar-refractivity contribution in [1.82, 2.24) is 19.8 Å². The number of methoxy groups -OCH3 is 1. The summed E-state index contributed by atoms with van der Waals surface area (Å²) in [4.78, 5) is 25.3. The summed E-state index contributed by atoms with van der Waals surface area (Å²) in [5.74, 6) is 1.49. The molecule has 1 unspecified atom stereocenters. The Morgan fingerprint density at radius 2 is 2.00 bits per heavy atom. The summed E-state index contributed by atoms with van der Waals surface area (Å²) in [6.45, 7) is 10.3. The highest BCUT2D eigenvalue weighted by atomic mass is 16.5. The number of aromatic nitrogens is 2. The average Bonchev–Trinajstić information content (AvgIpc) is 2.92. The lowest BCUT2D eigenvalue weighted by molar-refractivity contribution is 0.0316. The van der Waals surface area contributed by atoms with E-state index >= 15 is 0 Å². The number of carbonyl (C=O) groups is 1. The predicted molar refractivity (Wildman–Crippen MR) is 96.2 cm³/mol. The molecule has 0 saturated carbocycles. The molecule has 6 nitrogen and oxygen atoms in total. The molecule has 3 heterocycles. The summed E-state index contributed by atoms with van der Waals surface area (Å²) in [6, 6.07) is 1.74. The SMILES string of the molecule is COCC1CN(CC(C)C)CC12CCN(C(=O)c1ncccn1)CC2. The van der Waals surface area contributed by atoms with Crippen LogP contribution in [0.4, 0.5) is 0 Å². The Kier molecular flexibility index (Phi) is 5.69. The molecule has 6 heteroatoms. The maximum absolute atomic E-state index is 12.6. The Bertz CT molecular complexity index is 570. The second kappa shape index (κ2) is 7.79. The molecule has 1 aromatic rings. The second-order valence-corrected chi connectivity index (χ2v) is 7.97. The van der Waals surface area contributed by atoms with E-state index in [1.165, 1.54) is 0 Å². The van der Waals surface area contributed by atoms with Gasteiger partial charge in [0.15, 0.2) is 0 Å². The van der Waals surface area contributed by atoms with Crippen molar-refractivity contribution in [3.05, 3.63) is 24.3 Å². The van der Waals surface area contributed by atoms with Crippen LogP contribution < -0.4 is 0 Å². The van der Waals surface area contributed by atoms with Crippen molar-refractivity contribution in [2.24, 2.45) is 17.3 Å². The number of carbonyl (C=O) groups excluding carboxylic acids is 1. The van der Waals surface area contributed by atoms with E-state index in [-0.39, 0.29) is 11.3 Å². The number of hydrogen-bond donors (Lipinski definition) is 0. The molecule has 1 aromatic heterocycles. The van der Waals surface area contributed by atoms with Gasteiger partial charge in [0.25, 0.3) is 5.91 Å². The van der Waals surface area contributed by atoms with Crippen molar-refractivity contribution in [3.63, 3.8) is 0 Å². The van der Waals surface area contributed by atoms with Gasteiger partial charge < -0.3 is 14.5 Å². The Morgan fingerprint density at radius 3 is 2.60 bits per heavy atom. The molecule has 0 aliphatic carbocycles. The quantitative estimate of drug-likeness (QED) is 0.815. The highest BCUT2D eigenvalue weighted by Crippen LogP contribution is 2.45. The summed E-state index contributed by atoms with van der Waals surface area (Å²) >= 11 is 0. The number of amides is 1. The zero-order valence-corrected chi connectivity index (χ0v) is 15.6. The first kappa shape index (κ1) is 18.3. The van der Waals surface area contributed by atoms with Crippen LogP contribution in [-0.2, 0) is 4.74 Å². The third-order valence-corrected chi connectivity index (χ3v) is 5.68. The number of likely N-dealkylation sites (tertiary alicyclic amines) is 2. The van der Waals surface area contributed by atoms with Crippen LogP contribution in [0, 0.1) is 17.3 Å². The highest BCUT2D eigenvalue weighted by molar-refractivity contribution is 5.90. The summed E-state index contributed by atoms with van der Waals surface area (Å²) < 4.78 is 5.52. The maximum atomic E-state index is 12.6. The first-order valence-corrected chi connectivity index (χ1v) is 9.31. The molecule has 2 saturated heterocycles. The fourth-order valence-corrected chi connectivity index (χ4v) is 4.50. The monoisotopic (exact) mass is 346 g/mol. The van der Waals surface area contributed by atoms with Crippen molar-refractivity contribution >= 4 is 5.91 Å². The molecule has 0 radical (unpaired) electrons. The highest BCUT2D eigenvalue weighted by Gasteiger charge is 2.48. The van der Waals surface area contributed by atoms with Crippen molar-refractivity contribution < 1.29 is 9.53 Å². The molecular formula is C19H30N4O2. The van der Waals surface area contributed by atoms with E-state index in [9.17, 15) is 4.79 Å². The summed E-state index contributed by atoms with van der Waals surface area (Å²) in [5, 5.41) is 0. The molecule has 1 spiro atoms. The predicted octanol–water partition coefficient (Wildman–Crippen LogP) is 1.93. The third kappa shape index (κ3) is 4.01. The van der Waals surface area contributed by atoms with Crippen LogP contribution in [0.3, 0.4) is 0 Å². The molecule has 0 aromatic carbocycles. The molecule has 1 atom stereocenters. The van der Waals surface area contributed by atoms with Gasteiger partial charge in [-0.2, -0.15) is 0 Å². The van der Waals surface area contributed by atoms with Gasteiger partial charge in [-0.15, -0.1) is 0 Å². The van der Waals surface area contributed by atoms with Gasteiger partial charge in [-0.1, -0.05) is 13.8 Å².